The Morgan fingerprint density at radius 3 is 2.72 bits per heavy atom. The van der Waals surface area contributed by atoms with E-state index in [1.54, 1.807) is 6.07 Å². The second kappa shape index (κ2) is 8.86. The molecule has 2 fully saturated rings. The maximum absolute atomic E-state index is 14.1. The van der Waals surface area contributed by atoms with Gasteiger partial charge in [-0.1, -0.05) is 12.5 Å². The molecule has 0 aliphatic heterocycles. The molecule has 0 heterocycles. The average molecular weight is 371 g/mol. The molecule has 0 aromatic heterocycles. The van der Waals surface area contributed by atoms with Crippen LogP contribution in [0.5, 0.6) is 5.75 Å². The predicted molar refractivity (Wildman–Crippen MR) is 98.4 cm³/mol. The summed E-state index contributed by atoms with van der Waals surface area (Å²) in [7, 11) is 0. The smallest absolute Gasteiger partial charge is 0.220 e. The number of rotatable bonds is 7. The molecular weight excluding hydrogens is 343 g/mol. The van der Waals surface area contributed by atoms with Crippen LogP contribution in [0.15, 0.2) is 18.2 Å². The Morgan fingerprint density at radius 2 is 2.12 bits per heavy atom. The molecule has 2 aliphatic rings. The van der Waals surface area contributed by atoms with Gasteiger partial charge in [0, 0.05) is 12.5 Å². The van der Waals surface area contributed by atoms with E-state index in [0.717, 1.165) is 24.8 Å². The first kappa shape index (κ1) is 20.0. The number of nitrogens with one attached hydrogen (secondary N) is 1. The summed E-state index contributed by atoms with van der Waals surface area (Å²) in [6.45, 7) is 2.45. The molecule has 6 heteroatoms. The van der Waals surface area contributed by atoms with E-state index in [0.29, 0.717) is 24.7 Å². The molecule has 0 saturated heterocycles. The molecule has 140 valence electrons. The summed E-state index contributed by atoms with van der Waals surface area (Å²) in [6, 6.07) is 4.82. The van der Waals surface area contributed by atoms with Crippen LogP contribution in [0.25, 0.3) is 0 Å². The van der Waals surface area contributed by atoms with Crippen molar-refractivity contribution < 1.29 is 13.9 Å². The fourth-order valence-electron chi connectivity index (χ4n) is 3.34. The van der Waals surface area contributed by atoms with E-state index in [9.17, 15) is 9.18 Å². The number of amides is 1. The molecule has 3 rings (SSSR count). The van der Waals surface area contributed by atoms with Crippen molar-refractivity contribution >= 4 is 18.3 Å². The highest BCUT2D eigenvalue weighted by Gasteiger charge is 2.26. The highest BCUT2D eigenvalue weighted by molar-refractivity contribution is 5.85. The van der Waals surface area contributed by atoms with Crippen molar-refractivity contribution in [2.45, 2.75) is 57.5 Å². The lowest BCUT2D eigenvalue weighted by Crippen LogP contribution is -2.32. The minimum absolute atomic E-state index is 0. The average Bonchev–Trinajstić information content (AvgIpc) is 3.29. The van der Waals surface area contributed by atoms with Crippen LogP contribution in [0, 0.1) is 17.7 Å². The summed E-state index contributed by atoms with van der Waals surface area (Å²) in [6.07, 6.45) is 5.92. The molecule has 0 spiro atoms. The number of nitrogens with two attached hydrogens (primary N) is 1. The summed E-state index contributed by atoms with van der Waals surface area (Å²) in [5.41, 5.74) is 6.76. The molecule has 25 heavy (non-hydrogen) atoms. The van der Waals surface area contributed by atoms with Gasteiger partial charge in [0.05, 0.1) is 12.6 Å². The van der Waals surface area contributed by atoms with Gasteiger partial charge < -0.3 is 15.8 Å². The molecule has 1 unspecified atom stereocenters. The minimum Gasteiger partial charge on any atom is -0.490 e. The Hall–Kier alpha value is -1.33. The number of hydrogen-bond acceptors (Lipinski definition) is 3. The van der Waals surface area contributed by atoms with Crippen molar-refractivity contribution in [3.05, 3.63) is 29.6 Å². The minimum atomic E-state index is -0.368. The fourth-order valence-corrected chi connectivity index (χ4v) is 3.34. The summed E-state index contributed by atoms with van der Waals surface area (Å²) < 4.78 is 19.6. The van der Waals surface area contributed by atoms with Crippen LogP contribution in [0.3, 0.4) is 0 Å². The van der Waals surface area contributed by atoms with Crippen LogP contribution in [-0.4, -0.2) is 18.6 Å². The third-order valence-electron chi connectivity index (χ3n) is 5.17. The first-order valence-corrected chi connectivity index (χ1v) is 9.00. The predicted octanol–water partition coefficient (Wildman–Crippen LogP) is 3.73. The van der Waals surface area contributed by atoms with Gasteiger partial charge in [0.25, 0.3) is 0 Å². The number of carbonyl (C=O) groups excluding carboxylic acids is 1. The third kappa shape index (κ3) is 5.58. The van der Waals surface area contributed by atoms with Crippen molar-refractivity contribution in [1.82, 2.24) is 5.32 Å². The molecule has 3 N–H and O–H groups in total. The highest BCUT2D eigenvalue weighted by atomic mass is 35.5. The molecule has 0 bridgehead atoms. The zero-order valence-corrected chi connectivity index (χ0v) is 15.5. The van der Waals surface area contributed by atoms with E-state index < -0.39 is 0 Å². The Morgan fingerprint density at radius 1 is 1.36 bits per heavy atom. The van der Waals surface area contributed by atoms with Gasteiger partial charge in [0.2, 0.25) is 5.91 Å². The Balaban J connectivity index is 0.00000225. The molecule has 0 radical (unpaired) electrons. The van der Waals surface area contributed by atoms with E-state index in [1.807, 2.05) is 13.0 Å². The van der Waals surface area contributed by atoms with Crippen LogP contribution < -0.4 is 15.8 Å². The zero-order valence-electron chi connectivity index (χ0n) is 14.7. The summed E-state index contributed by atoms with van der Waals surface area (Å²) in [5, 5.41) is 2.95. The lowest BCUT2D eigenvalue weighted by atomic mass is 9.99. The van der Waals surface area contributed by atoms with Gasteiger partial charge in [-0.2, -0.15) is 0 Å². The summed E-state index contributed by atoms with van der Waals surface area (Å²) in [5.74, 6) is 0.767. The van der Waals surface area contributed by atoms with E-state index >= 15 is 0 Å². The number of halogens is 2. The van der Waals surface area contributed by atoms with Crippen molar-refractivity contribution in [2.24, 2.45) is 17.6 Å². The second-order valence-corrected chi connectivity index (χ2v) is 7.29. The lowest BCUT2D eigenvalue weighted by molar-refractivity contribution is -0.122. The maximum Gasteiger partial charge on any atom is 0.220 e. The first-order valence-electron chi connectivity index (χ1n) is 9.00. The molecule has 1 aromatic rings. The monoisotopic (exact) mass is 370 g/mol. The molecule has 3 atom stereocenters. The Bertz CT molecular complexity index is 595. The fraction of sp³-hybridized carbons (Fsp3) is 0.632. The summed E-state index contributed by atoms with van der Waals surface area (Å²) >= 11 is 0. The van der Waals surface area contributed by atoms with Crippen LogP contribution in [0.1, 0.15) is 57.1 Å². The van der Waals surface area contributed by atoms with E-state index in [4.69, 9.17) is 10.5 Å². The first-order chi connectivity index (χ1) is 11.5. The van der Waals surface area contributed by atoms with Gasteiger partial charge in [-0.15, -0.1) is 12.4 Å². The largest absolute Gasteiger partial charge is 0.490 e. The molecule has 1 aromatic carbocycles. The number of carbonyl (C=O) groups is 1. The van der Waals surface area contributed by atoms with Crippen LogP contribution in [0.4, 0.5) is 4.39 Å². The van der Waals surface area contributed by atoms with Crippen LogP contribution >= 0.6 is 12.4 Å². The van der Waals surface area contributed by atoms with Gasteiger partial charge >= 0.3 is 0 Å². The van der Waals surface area contributed by atoms with Crippen molar-refractivity contribution in [1.29, 1.82) is 0 Å². The third-order valence-corrected chi connectivity index (χ3v) is 5.17. The molecule has 2 saturated carbocycles. The number of ether oxygens (including phenoxy) is 1. The van der Waals surface area contributed by atoms with Crippen LogP contribution in [0.2, 0.25) is 0 Å². The Kier molecular flexibility index (Phi) is 7.08. The second-order valence-electron chi connectivity index (χ2n) is 7.29. The lowest BCUT2D eigenvalue weighted by Gasteiger charge is -2.19. The van der Waals surface area contributed by atoms with E-state index in [-0.39, 0.29) is 42.1 Å². The van der Waals surface area contributed by atoms with Gasteiger partial charge in [0.15, 0.2) is 11.6 Å². The normalized spacial score (nSPS) is 23.6. The maximum atomic E-state index is 14.1. The van der Waals surface area contributed by atoms with Crippen molar-refractivity contribution in [3.8, 4) is 5.75 Å². The van der Waals surface area contributed by atoms with Gasteiger partial charge in [-0.3, -0.25) is 4.79 Å². The van der Waals surface area contributed by atoms with Crippen molar-refractivity contribution in [2.75, 3.05) is 6.61 Å². The standard InChI is InChI=1S/C19H27FN2O2.ClH/c1-12(22-19(23)10-15-3-2-4-17(15)21)14-7-8-18(16(20)9-14)24-11-13-5-6-13;/h7-9,12-13,15,17H,2-6,10-11,21H2,1H3,(H,22,23);1H/t12?,15-,17+;/m0./s1. The topological polar surface area (TPSA) is 64.4 Å². The highest BCUT2D eigenvalue weighted by Crippen LogP contribution is 2.31. The quantitative estimate of drug-likeness (QED) is 0.768. The van der Waals surface area contributed by atoms with Crippen molar-refractivity contribution in [3.63, 3.8) is 0 Å². The van der Waals surface area contributed by atoms with Crippen LogP contribution in [-0.2, 0) is 4.79 Å². The number of benzene rings is 1. The Labute approximate surface area is 155 Å². The van der Waals surface area contributed by atoms with Gasteiger partial charge in [-0.05, 0) is 62.1 Å². The molecule has 2 aliphatic carbocycles. The van der Waals surface area contributed by atoms with Gasteiger partial charge in [0.1, 0.15) is 0 Å². The molecule has 1 amide bonds. The van der Waals surface area contributed by atoms with E-state index in [1.165, 1.54) is 18.9 Å². The SMILES string of the molecule is CC(NC(=O)C[C@@H]1CCC[C@H]1N)c1ccc(OCC2CC2)c(F)c1.Cl. The van der Waals surface area contributed by atoms with E-state index in [2.05, 4.69) is 5.32 Å². The molecule has 4 nitrogen and oxygen atoms in total. The van der Waals surface area contributed by atoms with Gasteiger partial charge in [-0.25, -0.2) is 4.39 Å². The zero-order chi connectivity index (χ0) is 17.1. The molecular formula is C19H28ClFN2O2. The number of hydrogen-bond donors (Lipinski definition) is 2. The summed E-state index contributed by atoms with van der Waals surface area (Å²) in [4.78, 5) is 12.2.